The maximum absolute atomic E-state index is 14.0. The van der Waals surface area contributed by atoms with Gasteiger partial charge in [-0.2, -0.15) is 0 Å². The van der Waals surface area contributed by atoms with Crippen molar-refractivity contribution in [1.29, 1.82) is 0 Å². The summed E-state index contributed by atoms with van der Waals surface area (Å²) in [5.74, 6) is -0.291. The number of nitrogens with two attached hydrogens (primary N) is 1. The summed E-state index contributed by atoms with van der Waals surface area (Å²) in [6, 6.07) is 4.87. The van der Waals surface area contributed by atoms with Crippen LogP contribution in [0.4, 0.5) is 10.1 Å². The Morgan fingerprint density at radius 2 is 2.00 bits per heavy atom. The SMILES string of the molecule is NC(=S)c1ccc(N2CCN(CCO)CC2)c(F)c1. The first-order valence-corrected chi connectivity index (χ1v) is 6.70. The third kappa shape index (κ3) is 3.40. The van der Waals surface area contributed by atoms with Gasteiger partial charge in [0.05, 0.1) is 12.3 Å². The zero-order valence-corrected chi connectivity index (χ0v) is 11.5. The highest BCUT2D eigenvalue weighted by Gasteiger charge is 2.19. The Labute approximate surface area is 117 Å². The molecule has 0 aromatic heterocycles. The van der Waals surface area contributed by atoms with Crippen LogP contribution in [0.3, 0.4) is 0 Å². The maximum atomic E-state index is 14.0. The molecule has 2 rings (SSSR count). The van der Waals surface area contributed by atoms with Crippen LogP contribution < -0.4 is 10.6 Å². The number of anilines is 1. The molecule has 0 atom stereocenters. The molecule has 1 heterocycles. The van der Waals surface area contributed by atoms with Crippen LogP contribution in [-0.2, 0) is 0 Å². The van der Waals surface area contributed by atoms with Gasteiger partial charge in [-0.1, -0.05) is 12.2 Å². The Morgan fingerprint density at radius 1 is 1.32 bits per heavy atom. The van der Waals surface area contributed by atoms with Gasteiger partial charge in [-0.15, -0.1) is 0 Å². The topological polar surface area (TPSA) is 52.7 Å². The summed E-state index contributed by atoms with van der Waals surface area (Å²) in [7, 11) is 0. The number of β-amino-alcohol motifs (C(OH)–C–C–N with tert-alkyl or cyclic N) is 1. The van der Waals surface area contributed by atoms with Crippen molar-refractivity contribution in [3.05, 3.63) is 29.6 Å². The minimum absolute atomic E-state index is 0.164. The largest absolute Gasteiger partial charge is 0.395 e. The van der Waals surface area contributed by atoms with E-state index in [1.54, 1.807) is 12.1 Å². The molecule has 0 unspecified atom stereocenters. The highest BCUT2D eigenvalue weighted by atomic mass is 32.1. The molecule has 1 aliphatic rings. The van der Waals surface area contributed by atoms with E-state index < -0.39 is 0 Å². The van der Waals surface area contributed by atoms with E-state index in [2.05, 4.69) is 4.90 Å². The van der Waals surface area contributed by atoms with Crippen LogP contribution in [0.1, 0.15) is 5.56 Å². The number of benzene rings is 1. The Hall–Kier alpha value is -1.24. The van der Waals surface area contributed by atoms with Crippen molar-refractivity contribution in [1.82, 2.24) is 4.90 Å². The Kier molecular flexibility index (Phi) is 4.68. The van der Waals surface area contributed by atoms with Gasteiger partial charge in [-0.25, -0.2) is 4.39 Å². The lowest BCUT2D eigenvalue weighted by molar-refractivity contribution is 0.188. The van der Waals surface area contributed by atoms with E-state index in [1.807, 2.05) is 4.90 Å². The number of piperazine rings is 1. The third-order valence-electron chi connectivity index (χ3n) is 3.36. The second-order valence-electron chi connectivity index (χ2n) is 4.58. The molecule has 104 valence electrons. The predicted molar refractivity (Wildman–Crippen MR) is 78.0 cm³/mol. The molecule has 19 heavy (non-hydrogen) atoms. The fourth-order valence-electron chi connectivity index (χ4n) is 2.27. The maximum Gasteiger partial charge on any atom is 0.147 e. The predicted octanol–water partition coefficient (Wildman–Crippen LogP) is 0.574. The average Bonchev–Trinajstić information content (AvgIpc) is 2.40. The number of nitrogens with zero attached hydrogens (tertiary/aromatic N) is 2. The van der Waals surface area contributed by atoms with Crippen LogP contribution in [0.25, 0.3) is 0 Å². The Morgan fingerprint density at radius 3 is 2.53 bits per heavy atom. The summed E-state index contributed by atoms with van der Waals surface area (Å²) >= 11 is 4.83. The summed E-state index contributed by atoms with van der Waals surface area (Å²) in [6.45, 7) is 4.01. The minimum atomic E-state index is -0.291. The standard InChI is InChI=1S/C13H18FN3OS/c14-11-9-10(13(15)19)1-2-12(11)17-5-3-16(4-6-17)7-8-18/h1-2,9,18H,3-8H2,(H2,15,19). The molecule has 1 aromatic carbocycles. The molecule has 0 radical (unpaired) electrons. The van der Waals surface area contributed by atoms with E-state index in [1.165, 1.54) is 6.07 Å². The monoisotopic (exact) mass is 283 g/mol. The number of halogens is 1. The second kappa shape index (κ2) is 6.27. The molecular formula is C13H18FN3OS. The van der Waals surface area contributed by atoms with E-state index in [4.69, 9.17) is 23.1 Å². The van der Waals surface area contributed by atoms with E-state index in [0.29, 0.717) is 17.8 Å². The highest BCUT2D eigenvalue weighted by Crippen LogP contribution is 2.22. The first-order chi connectivity index (χ1) is 9.11. The lowest BCUT2D eigenvalue weighted by Gasteiger charge is -2.35. The fourth-order valence-corrected chi connectivity index (χ4v) is 2.40. The molecule has 0 bridgehead atoms. The molecule has 1 aromatic rings. The Bertz CT molecular complexity index is 461. The number of hydrogen-bond acceptors (Lipinski definition) is 4. The van der Waals surface area contributed by atoms with Crippen molar-refractivity contribution in [2.24, 2.45) is 5.73 Å². The van der Waals surface area contributed by atoms with Crippen molar-refractivity contribution < 1.29 is 9.50 Å². The van der Waals surface area contributed by atoms with Crippen LogP contribution in [0, 0.1) is 5.82 Å². The third-order valence-corrected chi connectivity index (χ3v) is 3.60. The number of aliphatic hydroxyl groups excluding tert-OH is 1. The van der Waals surface area contributed by atoms with Crippen LogP contribution in [-0.4, -0.2) is 54.3 Å². The molecule has 4 nitrogen and oxygen atoms in total. The number of aliphatic hydroxyl groups is 1. The average molecular weight is 283 g/mol. The van der Waals surface area contributed by atoms with Gasteiger partial charge < -0.3 is 15.7 Å². The molecular weight excluding hydrogens is 265 g/mol. The van der Waals surface area contributed by atoms with Gasteiger partial charge in [0, 0.05) is 38.3 Å². The van der Waals surface area contributed by atoms with E-state index in [9.17, 15) is 4.39 Å². The van der Waals surface area contributed by atoms with Gasteiger partial charge in [0.1, 0.15) is 10.8 Å². The van der Waals surface area contributed by atoms with Crippen molar-refractivity contribution >= 4 is 22.9 Å². The number of rotatable bonds is 4. The molecule has 1 aliphatic heterocycles. The van der Waals surface area contributed by atoms with Crippen molar-refractivity contribution in [2.45, 2.75) is 0 Å². The summed E-state index contributed by atoms with van der Waals surface area (Å²) < 4.78 is 14.0. The van der Waals surface area contributed by atoms with Gasteiger partial charge in [0.25, 0.3) is 0 Å². The number of hydrogen-bond donors (Lipinski definition) is 2. The van der Waals surface area contributed by atoms with Crippen molar-refractivity contribution in [2.75, 3.05) is 44.2 Å². The molecule has 0 saturated carbocycles. The van der Waals surface area contributed by atoms with Gasteiger partial charge >= 0.3 is 0 Å². The van der Waals surface area contributed by atoms with Crippen LogP contribution >= 0.6 is 12.2 Å². The summed E-state index contributed by atoms with van der Waals surface area (Å²) in [5.41, 5.74) is 6.62. The normalized spacial score (nSPS) is 16.6. The summed E-state index contributed by atoms with van der Waals surface area (Å²) in [5, 5.41) is 8.89. The molecule has 3 N–H and O–H groups in total. The highest BCUT2D eigenvalue weighted by molar-refractivity contribution is 7.80. The second-order valence-corrected chi connectivity index (χ2v) is 5.02. The molecule has 0 spiro atoms. The quantitative estimate of drug-likeness (QED) is 0.792. The molecule has 1 saturated heterocycles. The lowest BCUT2D eigenvalue weighted by Crippen LogP contribution is -2.47. The summed E-state index contributed by atoms with van der Waals surface area (Å²) in [6.07, 6.45) is 0. The van der Waals surface area contributed by atoms with Crippen LogP contribution in [0.2, 0.25) is 0 Å². The van der Waals surface area contributed by atoms with Gasteiger partial charge in [-0.05, 0) is 18.2 Å². The lowest BCUT2D eigenvalue weighted by atomic mass is 10.1. The van der Waals surface area contributed by atoms with Crippen LogP contribution in [0.5, 0.6) is 0 Å². The van der Waals surface area contributed by atoms with E-state index in [-0.39, 0.29) is 17.4 Å². The van der Waals surface area contributed by atoms with Crippen LogP contribution in [0.15, 0.2) is 18.2 Å². The molecule has 1 fully saturated rings. The summed E-state index contributed by atoms with van der Waals surface area (Å²) in [4.78, 5) is 4.38. The first kappa shape index (κ1) is 14.2. The van der Waals surface area contributed by atoms with E-state index in [0.717, 1.165) is 26.2 Å². The number of thiocarbonyl (C=S) groups is 1. The zero-order chi connectivity index (χ0) is 13.8. The van der Waals surface area contributed by atoms with Crippen molar-refractivity contribution in [3.63, 3.8) is 0 Å². The van der Waals surface area contributed by atoms with Gasteiger partial charge in [0.2, 0.25) is 0 Å². The minimum Gasteiger partial charge on any atom is -0.395 e. The first-order valence-electron chi connectivity index (χ1n) is 6.29. The van der Waals surface area contributed by atoms with E-state index >= 15 is 0 Å². The van der Waals surface area contributed by atoms with Gasteiger partial charge in [0.15, 0.2) is 0 Å². The Balaban J connectivity index is 2.05. The molecule has 0 amide bonds. The van der Waals surface area contributed by atoms with Crippen molar-refractivity contribution in [3.8, 4) is 0 Å². The molecule has 6 heteroatoms. The smallest absolute Gasteiger partial charge is 0.147 e. The van der Waals surface area contributed by atoms with Gasteiger partial charge in [-0.3, -0.25) is 4.90 Å². The zero-order valence-electron chi connectivity index (χ0n) is 10.7. The fraction of sp³-hybridized carbons (Fsp3) is 0.462. The molecule has 0 aliphatic carbocycles.